The van der Waals surface area contributed by atoms with Crippen molar-refractivity contribution in [3.63, 3.8) is 0 Å². The highest BCUT2D eigenvalue weighted by Crippen LogP contribution is 2.29. The van der Waals surface area contributed by atoms with E-state index in [4.69, 9.17) is 0 Å². The number of alkyl halides is 1. The summed E-state index contributed by atoms with van der Waals surface area (Å²) < 4.78 is 0. The van der Waals surface area contributed by atoms with Gasteiger partial charge < -0.3 is 4.90 Å². The van der Waals surface area contributed by atoms with Gasteiger partial charge in [-0.2, -0.15) is 0 Å². The second-order valence-electron chi connectivity index (χ2n) is 4.17. The van der Waals surface area contributed by atoms with Crippen LogP contribution >= 0.6 is 15.9 Å². The number of rotatable bonds is 4. The van der Waals surface area contributed by atoms with Crippen LogP contribution in [0.4, 0.5) is 0 Å². The minimum atomic E-state index is -0.107. The van der Waals surface area contributed by atoms with Crippen LogP contribution in [0, 0.1) is 0 Å². The van der Waals surface area contributed by atoms with Crippen molar-refractivity contribution in [2.45, 2.75) is 37.2 Å². The molecule has 1 aromatic rings. The van der Waals surface area contributed by atoms with E-state index in [1.807, 2.05) is 30.2 Å². The lowest BCUT2D eigenvalue weighted by Gasteiger charge is -2.23. The highest BCUT2D eigenvalue weighted by Gasteiger charge is 2.33. The maximum absolute atomic E-state index is 12.0. The Balaban J connectivity index is 2.06. The van der Waals surface area contributed by atoms with Crippen molar-refractivity contribution in [1.29, 1.82) is 0 Å². The molecule has 3 nitrogen and oxygen atoms in total. The number of halogens is 1. The Morgan fingerprint density at radius 3 is 2.94 bits per heavy atom. The Kier molecular flexibility index (Phi) is 3.59. The first-order valence-electron chi connectivity index (χ1n) is 5.52. The van der Waals surface area contributed by atoms with Crippen LogP contribution in [-0.2, 0) is 11.3 Å². The molecular weight excluding hydrogens is 268 g/mol. The summed E-state index contributed by atoms with van der Waals surface area (Å²) in [6.07, 6.45) is 5.83. The van der Waals surface area contributed by atoms with E-state index < -0.39 is 0 Å². The molecule has 1 fully saturated rings. The Bertz CT molecular complexity index is 363. The number of hydrogen-bond donors (Lipinski definition) is 0. The second-order valence-corrected chi connectivity index (χ2v) is 5.55. The van der Waals surface area contributed by atoms with Crippen molar-refractivity contribution in [3.05, 3.63) is 30.1 Å². The zero-order valence-electron chi connectivity index (χ0n) is 9.27. The summed E-state index contributed by atoms with van der Waals surface area (Å²) >= 11 is 3.34. The summed E-state index contributed by atoms with van der Waals surface area (Å²) in [4.78, 5) is 17.9. The Morgan fingerprint density at radius 1 is 1.69 bits per heavy atom. The molecule has 0 aromatic carbocycles. The third-order valence-corrected chi connectivity index (χ3v) is 3.08. The Labute approximate surface area is 104 Å². The molecule has 0 aliphatic heterocycles. The normalized spacial score (nSPS) is 16.9. The lowest BCUT2D eigenvalue weighted by atomic mass is 10.2. The van der Waals surface area contributed by atoms with Gasteiger partial charge in [-0.1, -0.05) is 22.0 Å². The molecule has 1 atom stereocenters. The molecule has 0 spiro atoms. The van der Waals surface area contributed by atoms with Crippen LogP contribution in [0.2, 0.25) is 0 Å². The van der Waals surface area contributed by atoms with Gasteiger partial charge in [0.1, 0.15) is 0 Å². The van der Waals surface area contributed by atoms with E-state index in [9.17, 15) is 4.79 Å². The molecule has 1 heterocycles. The van der Waals surface area contributed by atoms with Crippen LogP contribution in [0.5, 0.6) is 0 Å². The van der Waals surface area contributed by atoms with Crippen LogP contribution in [0.15, 0.2) is 24.5 Å². The van der Waals surface area contributed by atoms with Gasteiger partial charge in [0.2, 0.25) is 5.91 Å². The van der Waals surface area contributed by atoms with Crippen molar-refractivity contribution in [3.8, 4) is 0 Å². The van der Waals surface area contributed by atoms with Crippen LogP contribution in [0.1, 0.15) is 25.3 Å². The van der Waals surface area contributed by atoms with Crippen molar-refractivity contribution in [2.24, 2.45) is 0 Å². The number of pyridine rings is 1. The minimum Gasteiger partial charge on any atom is -0.334 e. The van der Waals surface area contributed by atoms with Gasteiger partial charge in [-0.25, -0.2) is 0 Å². The van der Waals surface area contributed by atoms with E-state index in [2.05, 4.69) is 20.9 Å². The first kappa shape index (κ1) is 11.6. The van der Waals surface area contributed by atoms with E-state index in [-0.39, 0.29) is 10.7 Å². The van der Waals surface area contributed by atoms with Crippen LogP contribution in [0.25, 0.3) is 0 Å². The number of carbonyl (C=O) groups is 1. The lowest BCUT2D eigenvalue weighted by molar-refractivity contribution is -0.131. The Morgan fingerprint density at radius 2 is 2.44 bits per heavy atom. The number of nitrogens with zero attached hydrogens (tertiary/aromatic N) is 2. The summed E-state index contributed by atoms with van der Waals surface area (Å²) in [5, 5.41) is 0. The molecule has 0 N–H and O–H groups in total. The molecule has 1 aliphatic rings. The fourth-order valence-corrected chi connectivity index (χ4v) is 1.95. The van der Waals surface area contributed by atoms with E-state index >= 15 is 0 Å². The fraction of sp³-hybridized carbons (Fsp3) is 0.500. The third-order valence-electron chi connectivity index (χ3n) is 2.69. The largest absolute Gasteiger partial charge is 0.334 e. The van der Waals surface area contributed by atoms with Crippen LogP contribution < -0.4 is 0 Å². The van der Waals surface area contributed by atoms with Gasteiger partial charge in [0.15, 0.2) is 0 Å². The molecule has 1 aliphatic carbocycles. The van der Waals surface area contributed by atoms with Crippen LogP contribution in [0.3, 0.4) is 0 Å². The predicted octanol–water partition coefficient (Wildman–Crippen LogP) is 2.36. The van der Waals surface area contributed by atoms with Crippen molar-refractivity contribution in [1.82, 2.24) is 9.88 Å². The smallest absolute Gasteiger partial charge is 0.236 e. The molecule has 1 aromatic heterocycles. The van der Waals surface area contributed by atoms with Crippen molar-refractivity contribution < 1.29 is 4.79 Å². The first-order valence-corrected chi connectivity index (χ1v) is 6.43. The molecule has 86 valence electrons. The zero-order valence-corrected chi connectivity index (χ0v) is 10.9. The molecular formula is C12H15BrN2O. The molecule has 1 saturated carbocycles. The molecule has 0 bridgehead atoms. The van der Waals surface area contributed by atoms with Gasteiger partial charge in [0, 0.05) is 25.0 Å². The monoisotopic (exact) mass is 282 g/mol. The summed E-state index contributed by atoms with van der Waals surface area (Å²) in [7, 11) is 0. The first-order chi connectivity index (χ1) is 7.68. The summed E-state index contributed by atoms with van der Waals surface area (Å²) in [6.45, 7) is 2.55. The predicted molar refractivity (Wildman–Crippen MR) is 66.2 cm³/mol. The number of aromatic nitrogens is 1. The van der Waals surface area contributed by atoms with Crippen LogP contribution in [-0.4, -0.2) is 26.7 Å². The number of amides is 1. The SMILES string of the molecule is CC(Br)C(=O)N(Cc1cccnc1)C1CC1. The highest BCUT2D eigenvalue weighted by molar-refractivity contribution is 9.10. The highest BCUT2D eigenvalue weighted by atomic mass is 79.9. The van der Waals surface area contributed by atoms with Gasteiger partial charge in [-0.3, -0.25) is 9.78 Å². The molecule has 1 amide bonds. The third kappa shape index (κ3) is 2.82. The standard InChI is InChI=1S/C12H15BrN2O/c1-9(13)12(16)15(11-4-5-11)8-10-3-2-6-14-7-10/h2-3,6-7,9,11H,4-5,8H2,1H3. The van der Waals surface area contributed by atoms with E-state index in [1.54, 1.807) is 6.20 Å². The van der Waals surface area contributed by atoms with Gasteiger partial charge >= 0.3 is 0 Å². The summed E-state index contributed by atoms with van der Waals surface area (Å²) in [6, 6.07) is 4.35. The van der Waals surface area contributed by atoms with Gasteiger partial charge in [-0.05, 0) is 31.4 Å². The van der Waals surface area contributed by atoms with Gasteiger partial charge in [0.25, 0.3) is 0 Å². The summed E-state index contributed by atoms with van der Waals surface area (Å²) in [5.74, 6) is 0.173. The zero-order chi connectivity index (χ0) is 11.5. The lowest BCUT2D eigenvalue weighted by Crippen LogP contribution is -2.36. The summed E-state index contributed by atoms with van der Waals surface area (Å²) in [5.41, 5.74) is 1.09. The molecule has 4 heteroatoms. The average molecular weight is 283 g/mol. The number of hydrogen-bond acceptors (Lipinski definition) is 2. The van der Waals surface area contributed by atoms with Crippen molar-refractivity contribution >= 4 is 21.8 Å². The number of carbonyl (C=O) groups excluding carboxylic acids is 1. The second kappa shape index (κ2) is 4.95. The average Bonchev–Trinajstić information content (AvgIpc) is 3.10. The Hall–Kier alpha value is -0.900. The maximum Gasteiger partial charge on any atom is 0.236 e. The molecule has 1 unspecified atom stereocenters. The van der Waals surface area contributed by atoms with Crippen molar-refractivity contribution in [2.75, 3.05) is 0 Å². The fourth-order valence-electron chi connectivity index (χ4n) is 1.69. The van der Waals surface area contributed by atoms with E-state index in [0.717, 1.165) is 18.4 Å². The molecule has 2 rings (SSSR count). The quantitative estimate of drug-likeness (QED) is 0.795. The molecule has 16 heavy (non-hydrogen) atoms. The van der Waals surface area contributed by atoms with E-state index in [0.29, 0.717) is 12.6 Å². The molecule has 0 saturated heterocycles. The molecule has 0 radical (unpaired) electrons. The minimum absolute atomic E-state index is 0.107. The maximum atomic E-state index is 12.0. The van der Waals surface area contributed by atoms with Gasteiger partial charge in [0.05, 0.1) is 4.83 Å². The van der Waals surface area contributed by atoms with E-state index in [1.165, 1.54) is 0 Å². The topological polar surface area (TPSA) is 33.2 Å². The van der Waals surface area contributed by atoms with Gasteiger partial charge in [-0.15, -0.1) is 0 Å².